The van der Waals surface area contributed by atoms with Crippen LogP contribution in [0.1, 0.15) is 29.5 Å². The number of hydrogen-bond acceptors (Lipinski definition) is 2. The summed E-state index contributed by atoms with van der Waals surface area (Å²) in [6.07, 6.45) is 8.67. The van der Waals surface area contributed by atoms with Crippen LogP contribution in [0, 0.1) is 0 Å². The molecule has 2 heteroatoms. The number of aryl methyl sites for hydroxylation is 2. The fourth-order valence-electron chi connectivity index (χ4n) is 5.28. The average molecular weight is 468 g/mol. The highest BCUT2D eigenvalue weighted by atomic mass is 16.5. The molecular weight excluding hydrogens is 438 g/mol. The van der Waals surface area contributed by atoms with Crippen molar-refractivity contribution in [2.75, 3.05) is 0 Å². The van der Waals surface area contributed by atoms with Crippen molar-refractivity contribution in [2.45, 2.75) is 32.3 Å². The maximum atomic E-state index is 6.30. The smallest absolute Gasteiger partial charge is 0.128 e. The van der Waals surface area contributed by atoms with Gasteiger partial charge in [-0.2, -0.15) is 0 Å². The number of pyridine rings is 1. The first-order chi connectivity index (χ1) is 17.9. The van der Waals surface area contributed by atoms with Gasteiger partial charge in [0.05, 0.1) is 0 Å². The van der Waals surface area contributed by atoms with Gasteiger partial charge in [-0.05, 0) is 81.4 Å². The fourth-order valence-corrected chi connectivity index (χ4v) is 5.28. The van der Waals surface area contributed by atoms with Crippen molar-refractivity contribution in [1.82, 2.24) is 4.98 Å². The maximum absolute atomic E-state index is 6.30. The third-order valence-electron chi connectivity index (χ3n) is 7.12. The predicted molar refractivity (Wildman–Crippen MR) is 151 cm³/mol. The second-order valence-electron chi connectivity index (χ2n) is 9.42. The molecule has 0 bridgehead atoms. The minimum atomic E-state index is 0.603. The number of aromatic nitrogens is 1. The Morgan fingerprint density at radius 3 is 2.19 bits per heavy atom. The Labute approximate surface area is 212 Å². The molecule has 1 aromatic heterocycles. The molecule has 0 amide bonds. The molecule has 176 valence electrons. The lowest BCUT2D eigenvalue weighted by atomic mass is 9.86. The molecule has 0 aliphatic heterocycles. The molecule has 0 unspecified atom stereocenters. The number of ether oxygens (including phenoxy) is 1. The lowest BCUT2D eigenvalue weighted by Crippen LogP contribution is -2.04. The third-order valence-corrected chi connectivity index (χ3v) is 7.12. The summed E-state index contributed by atoms with van der Waals surface area (Å²) in [5, 5.41) is 7.67. The van der Waals surface area contributed by atoms with Crippen LogP contribution in [0.3, 0.4) is 0 Å². The standard InChI is InChI=1S/C25H22O.C9H7N/c1-2-8-18(9-3-1)17-26-25-16-24-20-11-5-4-10-19(20)14-15-22(24)21-12-6-7-13-23(21)25;1-2-4-9-7-10-6-5-8(9)3-1/h1-3,6-9,12-16H,4-5,10-11,17H2;1-7H. The van der Waals surface area contributed by atoms with Crippen molar-refractivity contribution in [3.8, 4) is 5.75 Å². The van der Waals surface area contributed by atoms with E-state index in [1.807, 2.05) is 36.7 Å². The van der Waals surface area contributed by atoms with Crippen LogP contribution < -0.4 is 4.74 Å². The van der Waals surface area contributed by atoms with E-state index in [-0.39, 0.29) is 0 Å². The summed E-state index contributed by atoms with van der Waals surface area (Å²) in [5.41, 5.74) is 4.25. The van der Waals surface area contributed by atoms with Crippen molar-refractivity contribution >= 4 is 32.3 Å². The third kappa shape index (κ3) is 4.55. The number of fused-ring (bicyclic) bond motifs is 6. The van der Waals surface area contributed by atoms with Crippen molar-refractivity contribution in [1.29, 1.82) is 0 Å². The van der Waals surface area contributed by atoms with Crippen LogP contribution in [-0.2, 0) is 19.4 Å². The highest BCUT2D eigenvalue weighted by Gasteiger charge is 2.16. The van der Waals surface area contributed by atoms with E-state index in [0.717, 1.165) is 5.75 Å². The van der Waals surface area contributed by atoms with Crippen LogP contribution >= 0.6 is 0 Å². The molecule has 1 heterocycles. The van der Waals surface area contributed by atoms with Gasteiger partial charge in [0.15, 0.2) is 0 Å². The van der Waals surface area contributed by atoms with Gasteiger partial charge in [-0.25, -0.2) is 0 Å². The molecular formula is C34H29NO. The molecule has 0 radical (unpaired) electrons. The Bertz CT molecular complexity index is 1570. The summed E-state index contributed by atoms with van der Waals surface area (Å²) < 4.78 is 6.30. The first-order valence-corrected chi connectivity index (χ1v) is 12.8. The zero-order valence-electron chi connectivity index (χ0n) is 20.4. The molecule has 0 fully saturated rings. The van der Waals surface area contributed by atoms with E-state index in [1.165, 1.54) is 74.7 Å². The van der Waals surface area contributed by atoms with Crippen LogP contribution in [0.2, 0.25) is 0 Å². The number of nitrogens with zero attached hydrogens (tertiary/aromatic N) is 1. The molecule has 1 aliphatic rings. The Hall–Kier alpha value is -4.17. The molecule has 7 rings (SSSR count). The Kier molecular flexibility index (Phi) is 6.33. The van der Waals surface area contributed by atoms with Crippen LogP contribution in [0.15, 0.2) is 116 Å². The van der Waals surface area contributed by atoms with Crippen molar-refractivity contribution in [2.24, 2.45) is 0 Å². The highest BCUT2D eigenvalue weighted by molar-refractivity contribution is 6.11. The SMILES string of the molecule is c1ccc(COc2cc3c4c(ccc3c3ccccc23)CCCC4)cc1.c1ccc2cnccc2c1. The number of hydrogen-bond donors (Lipinski definition) is 0. The summed E-state index contributed by atoms with van der Waals surface area (Å²) >= 11 is 0. The normalized spacial score (nSPS) is 12.7. The molecule has 1 aliphatic carbocycles. The van der Waals surface area contributed by atoms with E-state index >= 15 is 0 Å². The van der Waals surface area contributed by atoms with Crippen molar-refractivity contribution < 1.29 is 4.74 Å². The molecule has 0 saturated carbocycles. The molecule has 0 atom stereocenters. The van der Waals surface area contributed by atoms with Gasteiger partial charge < -0.3 is 4.74 Å². The monoisotopic (exact) mass is 467 g/mol. The van der Waals surface area contributed by atoms with Crippen molar-refractivity contribution in [3.05, 3.63) is 132 Å². The summed E-state index contributed by atoms with van der Waals surface area (Å²) in [6.45, 7) is 0.603. The van der Waals surface area contributed by atoms with Crippen LogP contribution in [0.5, 0.6) is 5.75 Å². The molecule has 2 nitrogen and oxygen atoms in total. The summed E-state index contributed by atoms with van der Waals surface area (Å²) in [6, 6.07) is 36.2. The molecule has 6 aromatic rings. The van der Waals surface area contributed by atoms with Gasteiger partial charge in [-0.1, -0.05) is 91.0 Å². The second-order valence-corrected chi connectivity index (χ2v) is 9.42. The molecule has 0 saturated heterocycles. The molecule has 36 heavy (non-hydrogen) atoms. The Balaban J connectivity index is 0.000000200. The predicted octanol–water partition coefficient (Wildman–Crippen LogP) is 8.69. The zero-order valence-corrected chi connectivity index (χ0v) is 20.4. The van der Waals surface area contributed by atoms with E-state index in [9.17, 15) is 0 Å². The lowest BCUT2D eigenvalue weighted by molar-refractivity contribution is 0.310. The topological polar surface area (TPSA) is 22.1 Å². The van der Waals surface area contributed by atoms with E-state index in [2.05, 4.69) is 83.8 Å². The first-order valence-electron chi connectivity index (χ1n) is 12.8. The van der Waals surface area contributed by atoms with Gasteiger partial charge in [0, 0.05) is 17.8 Å². The minimum Gasteiger partial charge on any atom is -0.488 e. The average Bonchev–Trinajstić information content (AvgIpc) is 2.97. The molecule has 5 aromatic carbocycles. The van der Waals surface area contributed by atoms with Crippen LogP contribution in [0.25, 0.3) is 32.3 Å². The van der Waals surface area contributed by atoms with Crippen LogP contribution in [-0.4, -0.2) is 4.98 Å². The van der Waals surface area contributed by atoms with E-state index < -0.39 is 0 Å². The highest BCUT2D eigenvalue weighted by Crippen LogP contribution is 2.38. The van der Waals surface area contributed by atoms with Gasteiger partial charge in [0.1, 0.15) is 12.4 Å². The largest absolute Gasteiger partial charge is 0.488 e. The Morgan fingerprint density at radius 2 is 1.33 bits per heavy atom. The van der Waals surface area contributed by atoms with Gasteiger partial charge in [-0.15, -0.1) is 0 Å². The number of benzene rings is 5. The van der Waals surface area contributed by atoms with E-state index in [0.29, 0.717) is 6.61 Å². The first kappa shape index (κ1) is 22.3. The van der Waals surface area contributed by atoms with Crippen LogP contribution in [0.4, 0.5) is 0 Å². The second kappa shape index (κ2) is 10.2. The van der Waals surface area contributed by atoms with Gasteiger partial charge >= 0.3 is 0 Å². The summed E-state index contributed by atoms with van der Waals surface area (Å²) in [5.74, 6) is 0.996. The maximum Gasteiger partial charge on any atom is 0.128 e. The van der Waals surface area contributed by atoms with E-state index in [4.69, 9.17) is 4.74 Å². The van der Waals surface area contributed by atoms with Crippen molar-refractivity contribution in [3.63, 3.8) is 0 Å². The van der Waals surface area contributed by atoms with Gasteiger partial charge in [-0.3, -0.25) is 4.98 Å². The molecule has 0 spiro atoms. The number of rotatable bonds is 3. The van der Waals surface area contributed by atoms with Gasteiger partial charge in [0.25, 0.3) is 0 Å². The summed E-state index contributed by atoms with van der Waals surface area (Å²) in [4.78, 5) is 4.01. The van der Waals surface area contributed by atoms with E-state index in [1.54, 1.807) is 0 Å². The quantitative estimate of drug-likeness (QED) is 0.243. The summed E-state index contributed by atoms with van der Waals surface area (Å²) in [7, 11) is 0. The van der Waals surface area contributed by atoms with Gasteiger partial charge in [0.2, 0.25) is 0 Å². The fraction of sp³-hybridized carbons (Fsp3) is 0.147. The zero-order chi connectivity index (χ0) is 24.2. The molecule has 0 N–H and O–H groups in total. The minimum absolute atomic E-state index is 0.603. The lowest BCUT2D eigenvalue weighted by Gasteiger charge is -2.20. The Morgan fingerprint density at radius 1 is 0.611 bits per heavy atom.